The van der Waals surface area contributed by atoms with Gasteiger partial charge in [-0.05, 0) is 18.3 Å². The third-order valence-electron chi connectivity index (χ3n) is 3.40. The molecule has 1 rings (SSSR count). The molecule has 3 nitrogen and oxygen atoms in total. The molecule has 1 aliphatic rings. The Labute approximate surface area is 110 Å². The van der Waals surface area contributed by atoms with E-state index in [1.54, 1.807) is 4.90 Å². The highest BCUT2D eigenvalue weighted by molar-refractivity contribution is 7.80. The molecular formula is C13H24N2OS. The standard InChI is InChI=1S/C13H24N2OS/c1-12(2,3)9-15(4)11(16)13(10(14)17)7-5-6-8-13/h5-9H2,1-4H3,(H2,14,17). The second kappa shape index (κ2) is 4.92. The lowest BCUT2D eigenvalue weighted by Crippen LogP contribution is -2.49. The van der Waals surface area contributed by atoms with E-state index in [4.69, 9.17) is 18.0 Å². The van der Waals surface area contributed by atoms with Crippen LogP contribution in [0.4, 0.5) is 0 Å². The van der Waals surface area contributed by atoms with Crippen LogP contribution in [0.25, 0.3) is 0 Å². The van der Waals surface area contributed by atoms with Crippen LogP contribution < -0.4 is 5.73 Å². The van der Waals surface area contributed by atoms with E-state index in [0.29, 0.717) is 4.99 Å². The SMILES string of the molecule is CN(CC(C)(C)C)C(=O)C1(C(N)=S)CCCC1. The molecule has 0 saturated heterocycles. The molecule has 0 heterocycles. The first-order valence-electron chi connectivity index (χ1n) is 6.24. The summed E-state index contributed by atoms with van der Waals surface area (Å²) >= 11 is 5.13. The maximum absolute atomic E-state index is 12.5. The zero-order chi connectivity index (χ0) is 13.3. The third-order valence-corrected chi connectivity index (χ3v) is 3.79. The normalized spacial score (nSPS) is 19.1. The summed E-state index contributed by atoms with van der Waals surface area (Å²) in [5.74, 6) is 0.109. The lowest BCUT2D eigenvalue weighted by molar-refractivity contribution is -0.137. The number of amides is 1. The van der Waals surface area contributed by atoms with Crippen molar-refractivity contribution >= 4 is 23.1 Å². The molecule has 0 unspecified atom stereocenters. The van der Waals surface area contributed by atoms with Crippen molar-refractivity contribution in [3.8, 4) is 0 Å². The van der Waals surface area contributed by atoms with Gasteiger partial charge in [0.2, 0.25) is 5.91 Å². The number of nitrogens with two attached hydrogens (primary N) is 1. The summed E-state index contributed by atoms with van der Waals surface area (Å²) < 4.78 is 0. The molecule has 1 saturated carbocycles. The molecule has 2 N–H and O–H groups in total. The lowest BCUT2D eigenvalue weighted by atomic mass is 9.83. The first-order chi connectivity index (χ1) is 7.69. The third kappa shape index (κ3) is 3.18. The van der Waals surface area contributed by atoms with Gasteiger partial charge in [0.05, 0.1) is 10.4 Å². The highest BCUT2D eigenvalue weighted by Crippen LogP contribution is 2.40. The molecule has 0 aromatic heterocycles. The van der Waals surface area contributed by atoms with Gasteiger partial charge >= 0.3 is 0 Å². The van der Waals surface area contributed by atoms with Crippen LogP contribution in [0.3, 0.4) is 0 Å². The fraction of sp³-hybridized carbons (Fsp3) is 0.846. The minimum absolute atomic E-state index is 0.0976. The van der Waals surface area contributed by atoms with Crippen molar-refractivity contribution in [3.05, 3.63) is 0 Å². The second-order valence-corrected chi connectivity index (χ2v) is 6.82. The van der Waals surface area contributed by atoms with Gasteiger partial charge in [-0.15, -0.1) is 0 Å². The van der Waals surface area contributed by atoms with E-state index in [1.165, 1.54) is 0 Å². The Morgan fingerprint density at radius 2 is 1.82 bits per heavy atom. The fourth-order valence-corrected chi connectivity index (χ4v) is 2.98. The van der Waals surface area contributed by atoms with Crippen molar-refractivity contribution in [2.24, 2.45) is 16.6 Å². The predicted molar refractivity (Wildman–Crippen MR) is 74.8 cm³/mol. The molecule has 0 aromatic carbocycles. The Morgan fingerprint density at radius 1 is 1.35 bits per heavy atom. The van der Waals surface area contributed by atoms with Gasteiger partial charge in [0.15, 0.2) is 0 Å². The number of carbonyl (C=O) groups is 1. The van der Waals surface area contributed by atoms with Crippen LogP contribution in [0.2, 0.25) is 0 Å². The van der Waals surface area contributed by atoms with Gasteiger partial charge in [-0.1, -0.05) is 45.8 Å². The van der Waals surface area contributed by atoms with E-state index >= 15 is 0 Å². The first kappa shape index (κ1) is 14.4. The Morgan fingerprint density at radius 3 is 2.18 bits per heavy atom. The largest absolute Gasteiger partial charge is 0.392 e. The predicted octanol–water partition coefficient (Wildman–Crippen LogP) is 2.34. The average molecular weight is 256 g/mol. The van der Waals surface area contributed by atoms with Gasteiger partial charge in [-0.25, -0.2) is 0 Å². The summed E-state index contributed by atoms with van der Waals surface area (Å²) in [6.07, 6.45) is 3.73. The number of nitrogens with zero attached hydrogens (tertiary/aromatic N) is 1. The van der Waals surface area contributed by atoms with E-state index in [2.05, 4.69) is 20.8 Å². The van der Waals surface area contributed by atoms with Crippen LogP contribution in [0.5, 0.6) is 0 Å². The number of rotatable bonds is 3. The van der Waals surface area contributed by atoms with Crippen molar-refractivity contribution < 1.29 is 4.79 Å². The van der Waals surface area contributed by atoms with E-state index in [1.807, 2.05) is 7.05 Å². The van der Waals surface area contributed by atoms with Crippen LogP contribution in [0.1, 0.15) is 46.5 Å². The first-order valence-corrected chi connectivity index (χ1v) is 6.65. The molecule has 0 aliphatic heterocycles. The van der Waals surface area contributed by atoms with E-state index in [-0.39, 0.29) is 11.3 Å². The molecule has 1 amide bonds. The van der Waals surface area contributed by atoms with Gasteiger partial charge < -0.3 is 10.6 Å². The summed E-state index contributed by atoms with van der Waals surface area (Å²) in [6, 6.07) is 0. The van der Waals surface area contributed by atoms with Gasteiger partial charge in [0.25, 0.3) is 0 Å². The smallest absolute Gasteiger partial charge is 0.235 e. The second-order valence-electron chi connectivity index (χ2n) is 6.38. The van der Waals surface area contributed by atoms with Crippen LogP contribution in [0.15, 0.2) is 0 Å². The molecule has 0 aromatic rings. The minimum Gasteiger partial charge on any atom is -0.392 e. The Balaban J connectivity index is 2.83. The van der Waals surface area contributed by atoms with Crippen molar-refractivity contribution in [2.75, 3.05) is 13.6 Å². The number of thiocarbonyl (C=S) groups is 1. The molecular weight excluding hydrogens is 232 g/mol. The Hall–Kier alpha value is -0.640. The summed E-state index contributed by atoms with van der Waals surface area (Å²) in [5, 5.41) is 0. The van der Waals surface area contributed by atoms with Crippen LogP contribution in [-0.4, -0.2) is 29.4 Å². The zero-order valence-corrected chi connectivity index (χ0v) is 12.2. The summed E-state index contributed by atoms with van der Waals surface area (Å²) in [7, 11) is 1.85. The molecule has 1 aliphatic carbocycles. The van der Waals surface area contributed by atoms with Crippen LogP contribution in [0, 0.1) is 10.8 Å². The molecule has 98 valence electrons. The lowest BCUT2D eigenvalue weighted by Gasteiger charge is -2.34. The topological polar surface area (TPSA) is 46.3 Å². The maximum atomic E-state index is 12.5. The molecule has 1 fully saturated rings. The average Bonchev–Trinajstić information content (AvgIpc) is 2.63. The maximum Gasteiger partial charge on any atom is 0.235 e. The molecule has 4 heteroatoms. The van der Waals surface area contributed by atoms with Gasteiger partial charge in [0, 0.05) is 13.6 Å². The van der Waals surface area contributed by atoms with Crippen molar-refractivity contribution in [2.45, 2.75) is 46.5 Å². The molecule has 0 atom stereocenters. The van der Waals surface area contributed by atoms with Gasteiger partial charge in [0.1, 0.15) is 0 Å². The highest BCUT2D eigenvalue weighted by Gasteiger charge is 2.45. The van der Waals surface area contributed by atoms with Crippen molar-refractivity contribution in [3.63, 3.8) is 0 Å². The van der Waals surface area contributed by atoms with Crippen molar-refractivity contribution in [1.29, 1.82) is 0 Å². The highest BCUT2D eigenvalue weighted by atomic mass is 32.1. The zero-order valence-electron chi connectivity index (χ0n) is 11.4. The Kier molecular flexibility index (Phi) is 4.18. The van der Waals surface area contributed by atoms with Crippen LogP contribution >= 0.6 is 12.2 Å². The number of hydrogen-bond acceptors (Lipinski definition) is 2. The summed E-state index contributed by atoms with van der Waals surface area (Å²) in [6.45, 7) is 7.10. The van der Waals surface area contributed by atoms with E-state index in [0.717, 1.165) is 32.2 Å². The molecule has 0 radical (unpaired) electrons. The molecule has 17 heavy (non-hydrogen) atoms. The molecule has 0 bridgehead atoms. The quantitative estimate of drug-likeness (QED) is 0.788. The Bertz CT molecular complexity index is 314. The summed E-state index contributed by atoms with van der Waals surface area (Å²) in [5.41, 5.74) is 5.36. The minimum atomic E-state index is -0.560. The monoisotopic (exact) mass is 256 g/mol. The number of carbonyl (C=O) groups excluding carboxylic acids is 1. The van der Waals surface area contributed by atoms with E-state index in [9.17, 15) is 4.79 Å². The van der Waals surface area contributed by atoms with E-state index < -0.39 is 5.41 Å². The van der Waals surface area contributed by atoms with Crippen LogP contribution in [-0.2, 0) is 4.79 Å². The van der Waals surface area contributed by atoms with Gasteiger partial charge in [-0.3, -0.25) is 4.79 Å². The van der Waals surface area contributed by atoms with Gasteiger partial charge in [-0.2, -0.15) is 0 Å². The summed E-state index contributed by atoms with van der Waals surface area (Å²) in [4.78, 5) is 14.7. The molecule has 0 spiro atoms. The fourth-order valence-electron chi connectivity index (χ4n) is 2.69. The van der Waals surface area contributed by atoms with Crippen molar-refractivity contribution in [1.82, 2.24) is 4.90 Å². The number of hydrogen-bond donors (Lipinski definition) is 1.